The molecule has 1 saturated carbocycles. The quantitative estimate of drug-likeness (QED) is 0.590. The first-order chi connectivity index (χ1) is 11.4. The van der Waals surface area contributed by atoms with Gasteiger partial charge in [0.1, 0.15) is 11.1 Å². The van der Waals surface area contributed by atoms with Gasteiger partial charge in [0.05, 0.1) is 5.92 Å². The first-order valence-corrected chi connectivity index (χ1v) is 9.35. The van der Waals surface area contributed by atoms with Gasteiger partial charge in [-0.25, -0.2) is 0 Å². The maximum absolute atomic E-state index is 12.4. The largest absolute Gasteiger partial charge is 0.461 e. The minimum atomic E-state index is -0.197. The van der Waals surface area contributed by atoms with Gasteiger partial charge >= 0.3 is 5.97 Å². The number of esters is 1. The van der Waals surface area contributed by atoms with Gasteiger partial charge in [-0.1, -0.05) is 61.3 Å². The Morgan fingerprint density at radius 1 is 1.29 bits per heavy atom. The number of carbonyl (C=O) groups excluding carboxylic acids is 1. The van der Waals surface area contributed by atoms with E-state index in [-0.39, 0.29) is 34.3 Å². The highest BCUT2D eigenvalue weighted by Gasteiger charge is 2.61. The van der Waals surface area contributed by atoms with Crippen molar-refractivity contribution in [1.82, 2.24) is 0 Å². The third-order valence-electron chi connectivity index (χ3n) is 4.58. The van der Waals surface area contributed by atoms with E-state index in [9.17, 15) is 4.79 Å². The van der Waals surface area contributed by atoms with E-state index >= 15 is 0 Å². The van der Waals surface area contributed by atoms with E-state index in [2.05, 4.69) is 18.2 Å². The molecule has 2 aromatic rings. The summed E-state index contributed by atoms with van der Waals surface area (Å²) in [7, 11) is 0. The van der Waals surface area contributed by atoms with Crippen LogP contribution in [0.5, 0.6) is 0 Å². The van der Waals surface area contributed by atoms with Gasteiger partial charge in [-0.05, 0) is 46.0 Å². The fourth-order valence-corrected chi connectivity index (χ4v) is 4.07. The molecule has 2 nitrogen and oxygen atoms in total. The van der Waals surface area contributed by atoms with Crippen molar-refractivity contribution in [3.05, 3.63) is 57.9 Å². The highest BCUT2D eigenvalue weighted by Crippen LogP contribution is 2.60. The van der Waals surface area contributed by atoms with Crippen LogP contribution in [0.15, 0.2) is 52.3 Å². The average Bonchev–Trinajstić information content (AvgIpc) is 2.94. The summed E-state index contributed by atoms with van der Waals surface area (Å²) in [4.78, 5) is 13.6. The lowest BCUT2D eigenvalue weighted by Gasteiger charge is -2.07. The Kier molecular flexibility index (Phi) is 5.05. The van der Waals surface area contributed by atoms with Crippen molar-refractivity contribution >= 4 is 40.5 Å². The van der Waals surface area contributed by atoms with E-state index < -0.39 is 0 Å². The van der Waals surface area contributed by atoms with Gasteiger partial charge in [0, 0.05) is 4.88 Å². The van der Waals surface area contributed by atoms with Crippen molar-refractivity contribution in [2.75, 3.05) is 0 Å². The van der Waals surface area contributed by atoms with Crippen molar-refractivity contribution in [2.45, 2.75) is 20.5 Å². The van der Waals surface area contributed by atoms with Crippen LogP contribution in [0.2, 0.25) is 0 Å². The molecule has 24 heavy (non-hydrogen) atoms. The Morgan fingerprint density at radius 2 is 2.08 bits per heavy atom. The SMILES string of the molecule is CC1(C)[C@@H](C=C(Cl)Cl)[C@@H]1C(=O)OCc1cccc(-c2cccs2)c1. The van der Waals surface area contributed by atoms with Gasteiger partial charge in [-0.15, -0.1) is 11.3 Å². The van der Waals surface area contributed by atoms with Gasteiger partial charge in [0.15, 0.2) is 0 Å². The van der Waals surface area contributed by atoms with Crippen LogP contribution in [-0.4, -0.2) is 5.97 Å². The lowest BCUT2D eigenvalue weighted by Crippen LogP contribution is -2.10. The second kappa shape index (κ2) is 6.91. The third-order valence-corrected chi connectivity index (χ3v) is 5.75. The molecule has 0 amide bonds. The van der Waals surface area contributed by atoms with Gasteiger partial charge in [-0.3, -0.25) is 4.79 Å². The monoisotopic (exact) mass is 380 g/mol. The number of hydrogen-bond acceptors (Lipinski definition) is 3. The van der Waals surface area contributed by atoms with Crippen LogP contribution in [0.25, 0.3) is 10.4 Å². The predicted molar refractivity (Wildman–Crippen MR) is 100 cm³/mol. The maximum Gasteiger partial charge on any atom is 0.310 e. The van der Waals surface area contributed by atoms with Crippen molar-refractivity contribution in [1.29, 1.82) is 0 Å². The molecule has 3 rings (SSSR count). The van der Waals surface area contributed by atoms with E-state index in [1.165, 1.54) is 4.88 Å². The van der Waals surface area contributed by atoms with E-state index in [0.29, 0.717) is 0 Å². The van der Waals surface area contributed by atoms with Crippen LogP contribution in [0.3, 0.4) is 0 Å². The molecule has 1 aliphatic rings. The molecule has 0 N–H and O–H groups in total. The minimum Gasteiger partial charge on any atom is -0.461 e. The van der Waals surface area contributed by atoms with Gasteiger partial charge in [0.2, 0.25) is 0 Å². The molecule has 1 fully saturated rings. The Labute approximate surface area is 156 Å². The number of carbonyl (C=O) groups is 1. The molecule has 0 spiro atoms. The van der Waals surface area contributed by atoms with Crippen molar-refractivity contribution in [2.24, 2.45) is 17.3 Å². The molecule has 0 bridgehead atoms. The summed E-state index contributed by atoms with van der Waals surface area (Å²) >= 11 is 13.1. The van der Waals surface area contributed by atoms with Crippen LogP contribution in [0.4, 0.5) is 0 Å². The fraction of sp³-hybridized carbons (Fsp3) is 0.316. The molecule has 2 atom stereocenters. The van der Waals surface area contributed by atoms with Crippen molar-refractivity contribution in [3.63, 3.8) is 0 Å². The molecule has 0 saturated heterocycles. The Balaban J connectivity index is 1.63. The van der Waals surface area contributed by atoms with Crippen molar-refractivity contribution < 1.29 is 9.53 Å². The first-order valence-electron chi connectivity index (χ1n) is 7.72. The summed E-state index contributed by atoms with van der Waals surface area (Å²) < 4.78 is 5.72. The Bertz CT molecular complexity index is 761. The fourth-order valence-electron chi connectivity index (χ4n) is 3.08. The molecule has 5 heteroatoms. The molecule has 0 radical (unpaired) electrons. The number of allylic oxidation sites excluding steroid dienone is 1. The molecular weight excluding hydrogens is 363 g/mol. The molecule has 1 heterocycles. The van der Waals surface area contributed by atoms with Crippen LogP contribution in [0, 0.1) is 17.3 Å². The number of ether oxygens (including phenoxy) is 1. The first kappa shape index (κ1) is 17.5. The maximum atomic E-state index is 12.4. The molecule has 126 valence electrons. The molecule has 0 aliphatic heterocycles. The molecular formula is C19H18Cl2O2S. The predicted octanol–water partition coefficient (Wildman–Crippen LogP) is 6.05. The number of hydrogen-bond donors (Lipinski definition) is 0. The molecule has 1 aromatic heterocycles. The zero-order valence-electron chi connectivity index (χ0n) is 13.5. The Hall–Kier alpha value is -1.29. The van der Waals surface area contributed by atoms with E-state index in [0.717, 1.165) is 11.1 Å². The normalized spacial score (nSPS) is 21.2. The molecule has 0 unspecified atom stereocenters. The van der Waals surface area contributed by atoms with E-state index in [1.54, 1.807) is 17.4 Å². The van der Waals surface area contributed by atoms with Gasteiger partial charge < -0.3 is 4.74 Å². The van der Waals surface area contributed by atoms with Gasteiger partial charge in [-0.2, -0.15) is 0 Å². The summed E-state index contributed by atoms with van der Waals surface area (Å²) in [6, 6.07) is 12.2. The third kappa shape index (κ3) is 3.69. The zero-order chi connectivity index (χ0) is 17.3. The highest BCUT2D eigenvalue weighted by atomic mass is 35.5. The van der Waals surface area contributed by atoms with Crippen LogP contribution in [0.1, 0.15) is 19.4 Å². The highest BCUT2D eigenvalue weighted by molar-refractivity contribution is 7.13. The summed E-state index contributed by atoms with van der Waals surface area (Å²) in [6.45, 7) is 4.32. The van der Waals surface area contributed by atoms with E-state index in [4.69, 9.17) is 27.9 Å². The second-order valence-corrected chi connectivity index (χ2v) is 8.52. The summed E-state index contributed by atoms with van der Waals surface area (Å²) in [5.74, 6) is -0.352. The number of rotatable bonds is 5. The summed E-state index contributed by atoms with van der Waals surface area (Å²) in [5, 5.41) is 2.05. The topological polar surface area (TPSA) is 26.3 Å². The van der Waals surface area contributed by atoms with Gasteiger partial charge in [0.25, 0.3) is 0 Å². The smallest absolute Gasteiger partial charge is 0.310 e. The lowest BCUT2D eigenvalue weighted by atomic mass is 10.1. The Morgan fingerprint density at radius 3 is 2.75 bits per heavy atom. The summed E-state index contributed by atoms with van der Waals surface area (Å²) in [5.41, 5.74) is 1.96. The second-order valence-electron chi connectivity index (χ2n) is 6.57. The lowest BCUT2D eigenvalue weighted by molar-refractivity contribution is -0.147. The minimum absolute atomic E-state index is 0.0347. The number of thiophene rings is 1. The molecule has 1 aromatic carbocycles. The molecule has 1 aliphatic carbocycles. The number of benzene rings is 1. The standard InChI is InChI=1S/C19H18Cl2O2S/c1-19(2)14(10-16(20)21)17(19)18(22)23-11-12-5-3-6-13(9-12)15-7-4-8-24-15/h3-10,14,17H,11H2,1-2H3/t14-,17+/m0/s1. The average molecular weight is 381 g/mol. The van der Waals surface area contributed by atoms with Crippen LogP contribution < -0.4 is 0 Å². The van der Waals surface area contributed by atoms with E-state index in [1.807, 2.05) is 37.4 Å². The number of halogens is 2. The van der Waals surface area contributed by atoms with Crippen molar-refractivity contribution in [3.8, 4) is 10.4 Å². The van der Waals surface area contributed by atoms with Crippen LogP contribution >= 0.6 is 34.5 Å². The summed E-state index contributed by atoms with van der Waals surface area (Å²) in [6.07, 6.45) is 1.73. The zero-order valence-corrected chi connectivity index (χ0v) is 15.8. The van der Waals surface area contributed by atoms with Crippen LogP contribution in [-0.2, 0) is 16.1 Å².